The Kier molecular flexibility index (Phi) is 4.67. The first kappa shape index (κ1) is 20.8. The maximum absolute atomic E-state index is 13.8. The quantitative estimate of drug-likeness (QED) is 0.421. The van der Waals surface area contributed by atoms with Gasteiger partial charge in [-0.05, 0) is 54.4 Å². The summed E-state index contributed by atoms with van der Waals surface area (Å²) in [7, 11) is 0. The summed E-state index contributed by atoms with van der Waals surface area (Å²) in [6.07, 6.45) is 1.70. The number of nitrogens with zero attached hydrogens (tertiary/aromatic N) is 3. The Balaban J connectivity index is 1.49. The van der Waals surface area contributed by atoms with Gasteiger partial charge in [0.25, 0.3) is 0 Å². The number of amides is 2. The van der Waals surface area contributed by atoms with Gasteiger partial charge in [-0.2, -0.15) is 5.10 Å². The SMILES string of the molecule is Cc1ccc(N2C(=O)[C@@H]3[C@H](C2=O)[C@@H]2c4ccccc4C=NN2[C@@H]3C(=O)c2ccc(Cl)cc2)cc1. The summed E-state index contributed by atoms with van der Waals surface area (Å²) in [6.45, 7) is 1.95. The van der Waals surface area contributed by atoms with Gasteiger partial charge in [-0.1, -0.05) is 53.6 Å². The van der Waals surface area contributed by atoms with Crippen LogP contribution in [0.15, 0.2) is 77.9 Å². The number of ketones is 1. The zero-order valence-corrected chi connectivity index (χ0v) is 19.0. The summed E-state index contributed by atoms with van der Waals surface area (Å²) in [6, 6.07) is 20.1. The van der Waals surface area contributed by atoms with Crippen molar-refractivity contribution < 1.29 is 14.4 Å². The van der Waals surface area contributed by atoms with Gasteiger partial charge >= 0.3 is 0 Å². The molecule has 0 spiro atoms. The Labute approximate surface area is 201 Å². The maximum atomic E-state index is 13.8. The van der Waals surface area contributed by atoms with Crippen LogP contribution in [0.1, 0.15) is 33.1 Å². The molecule has 7 heteroatoms. The van der Waals surface area contributed by atoms with Gasteiger partial charge in [-0.3, -0.25) is 19.4 Å². The molecule has 0 aliphatic carbocycles. The van der Waals surface area contributed by atoms with Gasteiger partial charge in [0.15, 0.2) is 5.78 Å². The molecule has 6 nitrogen and oxygen atoms in total. The smallest absolute Gasteiger partial charge is 0.240 e. The first-order chi connectivity index (χ1) is 16.5. The first-order valence-corrected chi connectivity index (χ1v) is 11.5. The minimum absolute atomic E-state index is 0.252. The van der Waals surface area contributed by atoms with Crippen molar-refractivity contribution >= 4 is 41.1 Å². The minimum Gasteiger partial charge on any atom is -0.292 e. The molecule has 3 aromatic rings. The zero-order valence-electron chi connectivity index (χ0n) is 18.3. The summed E-state index contributed by atoms with van der Waals surface area (Å²) in [5, 5.41) is 6.76. The van der Waals surface area contributed by atoms with Crippen LogP contribution in [0.3, 0.4) is 0 Å². The number of Topliss-reactive ketones (excluding diaryl/α,β-unsaturated/α-hetero) is 1. The maximum Gasteiger partial charge on any atom is 0.240 e. The number of halogens is 1. The molecular formula is C27H20ClN3O3. The molecule has 0 unspecified atom stereocenters. The van der Waals surface area contributed by atoms with Gasteiger partial charge in [0.1, 0.15) is 6.04 Å². The summed E-state index contributed by atoms with van der Waals surface area (Å²) in [5.41, 5.74) is 3.76. The highest BCUT2D eigenvalue weighted by Gasteiger charge is 2.65. The second-order valence-electron chi connectivity index (χ2n) is 8.91. The number of hydrazone groups is 1. The van der Waals surface area contributed by atoms with E-state index in [4.69, 9.17) is 11.6 Å². The van der Waals surface area contributed by atoms with Gasteiger partial charge in [0.2, 0.25) is 11.8 Å². The topological polar surface area (TPSA) is 70.1 Å². The van der Waals surface area contributed by atoms with Crippen LogP contribution in [-0.2, 0) is 9.59 Å². The van der Waals surface area contributed by atoms with Crippen LogP contribution in [0, 0.1) is 18.8 Å². The number of anilines is 1. The van der Waals surface area contributed by atoms with Crippen molar-refractivity contribution in [1.82, 2.24) is 5.01 Å². The molecule has 3 heterocycles. The number of aryl methyl sites for hydroxylation is 1. The van der Waals surface area contributed by atoms with Crippen LogP contribution in [0.25, 0.3) is 0 Å². The highest BCUT2D eigenvalue weighted by atomic mass is 35.5. The third-order valence-electron chi connectivity index (χ3n) is 6.98. The molecule has 3 aromatic carbocycles. The lowest BCUT2D eigenvalue weighted by atomic mass is 9.83. The number of hydrogen-bond donors (Lipinski definition) is 0. The molecule has 34 heavy (non-hydrogen) atoms. The fourth-order valence-electron chi connectivity index (χ4n) is 5.40. The van der Waals surface area contributed by atoms with Gasteiger partial charge in [-0.25, -0.2) is 4.90 Å². The number of imide groups is 1. The average Bonchev–Trinajstić information content (AvgIpc) is 3.32. The lowest BCUT2D eigenvalue weighted by Crippen LogP contribution is -2.44. The molecule has 2 fully saturated rings. The molecule has 3 aliphatic rings. The van der Waals surface area contributed by atoms with Crippen molar-refractivity contribution in [2.24, 2.45) is 16.9 Å². The van der Waals surface area contributed by atoms with Crippen LogP contribution in [-0.4, -0.2) is 34.9 Å². The molecule has 3 aliphatic heterocycles. The molecule has 0 N–H and O–H groups in total. The Bertz CT molecular complexity index is 1370. The van der Waals surface area contributed by atoms with Crippen LogP contribution in [0.5, 0.6) is 0 Å². The van der Waals surface area contributed by atoms with E-state index in [9.17, 15) is 14.4 Å². The molecule has 0 bridgehead atoms. The lowest BCUT2D eigenvalue weighted by molar-refractivity contribution is -0.124. The third-order valence-corrected chi connectivity index (χ3v) is 7.23. The lowest BCUT2D eigenvalue weighted by Gasteiger charge is -2.33. The van der Waals surface area contributed by atoms with E-state index in [1.165, 1.54) is 4.90 Å². The van der Waals surface area contributed by atoms with E-state index in [-0.39, 0.29) is 17.6 Å². The number of benzene rings is 3. The fourth-order valence-corrected chi connectivity index (χ4v) is 5.53. The van der Waals surface area contributed by atoms with Crippen molar-refractivity contribution in [2.75, 3.05) is 4.90 Å². The van der Waals surface area contributed by atoms with E-state index in [0.717, 1.165) is 16.7 Å². The molecule has 0 aromatic heterocycles. The van der Waals surface area contributed by atoms with Crippen molar-refractivity contribution in [3.8, 4) is 0 Å². The molecule has 168 valence electrons. The average molecular weight is 470 g/mol. The highest BCUT2D eigenvalue weighted by Crippen LogP contribution is 2.53. The van der Waals surface area contributed by atoms with E-state index in [1.54, 1.807) is 47.6 Å². The molecule has 2 amide bonds. The Morgan fingerprint density at radius 1 is 0.882 bits per heavy atom. The Morgan fingerprint density at radius 3 is 2.29 bits per heavy atom. The van der Waals surface area contributed by atoms with Gasteiger partial charge in [0.05, 0.1) is 29.8 Å². The minimum atomic E-state index is -0.896. The van der Waals surface area contributed by atoms with Gasteiger partial charge < -0.3 is 0 Å². The number of carbonyl (C=O) groups excluding carboxylic acids is 3. The Morgan fingerprint density at radius 2 is 1.56 bits per heavy atom. The van der Waals surface area contributed by atoms with E-state index in [0.29, 0.717) is 16.3 Å². The molecule has 2 saturated heterocycles. The first-order valence-electron chi connectivity index (χ1n) is 11.1. The fraction of sp³-hybridized carbons (Fsp3) is 0.185. The summed E-state index contributed by atoms with van der Waals surface area (Å²) < 4.78 is 0. The zero-order chi connectivity index (χ0) is 23.6. The summed E-state index contributed by atoms with van der Waals surface area (Å²) in [4.78, 5) is 42.6. The van der Waals surface area contributed by atoms with Crippen molar-refractivity contribution in [1.29, 1.82) is 0 Å². The van der Waals surface area contributed by atoms with Crippen molar-refractivity contribution in [2.45, 2.75) is 19.0 Å². The standard InChI is InChI=1S/C27H20ClN3O3/c1-15-6-12-19(13-7-15)30-26(33)21-22(27(30)34)24(25(32)16-8-10-18(28)11-9-16)31-23(21)20-5-3-2-4-17(20)14-29-31/h2-14,21-24H,1H3/t21-,22+,23-,24-/m0/s1. The van der Waals surface area contributed by atoms with Crippen LogP contribution in [0.2, 0.25) is 5.02 Å². The van der Waals surface area contributed by atoms with Crippen molar-refractivity contribution in [3.63, 3.8) is 0 Å². The molecule has 0 radical (unpaired) electrons. The number of carbonyl (C=O) groups is 3. The van der Waals surface area contributed by atoms with Gasteiger partial charge in [0, 0.05) is 10.6 Å². The van der Waals surface area contributed by atoms with E-state index < -0.39 is 23.9 Å². The van der Waals surface area contributed by atoms with E-state index in [2.05, 4.69) is 5.10 Å². The largest absolute Gasteiger partial charge is 0.292 e. The molecule has 6 rings (SSSR count). The second kappa shape index (κ2) is 7.64. The van der Waals surface area contributed by atoms with Crippen LogP contribution in [0.4, 0.5) is 5.69 Å². The monoisotopic (exact) mass is 469 g/mol. The normalized spacial score (nSPS) is 24.8. The van der Waals surface area contributed by atoms with Crippen molar-refractivity contribution in [3.05, 3.63) is 100 Å². The highest BCUT2D eigenvalue weighted by molar-refractivity contribution is 6.30. The number of hydrogen-bond acceptors (Lipinski definition) is 5. The van der Waals surface area contributed by atoms with Crippen LogP contribution < -0.4 is 4.90 Å². The molecular weight excluding hydrogens is 450 g/mol. The predicted molar refractivity (Wildman–Crippen MR) is 129 cm³/mol. The van der Waals surface area contributed by atoms with Crippen LogP contribution >= 0.6 is 11.6 Å². The summed E-state index contributed by atoms with van der Waals surface area (Å²) >= 11 is 6.02. The molecule has 0 saturated carbocycles. The Hall–Kier alpha value is -3.77. The second-order valence-corrected chi connectivity index (χ2v) is 9.35. The predicted octanol–water partition coefficient (Wildman–Crippen LogP) is 4.41. The molecule has 4 atom stereocenters. The van der Waals surface area contributed by atoms with Gasteiger partial charge in [-0.15, -0.1) is 0 Å². The number of fused-ring (bicyclic) bond motifs is 5. The number of rotatable bonds is 3. The summed E-state index contributed by atoms with van der Waals surface area (Å²) in [5.74, 6) is -2.48. The third kappa shape index (κ3) is 2.95. The van der Waals surface area contributed by atoms with E-state index >= 15 is 0 Å². The van der Waals surface area contributed by atoms with E-state index in [1.807, 2.05) is 43.3 Å².